The van der Waals surface area contributed by atoms with Crippen molar-refractivity contribution in [2.45, 2.75) is 25.9 Å². The molecule has 1 N–H and O–H groups in total. The molecule has 3 aromatic rings. The molecule has 0 radical (unpaired) electrons. The predicted molar refractivity (Wildman–Crippen MR) is 114 cm³/mol. The molecule has 0 saturated heterocycles. The summed E-state index contributed by atoms with van der Waals surface area (Å²) >= 11 is 0. The van der Waals surface area contributed by atoms with Gasteiger partial charge < -0.3 is 19.4 Å². The molecule has 0 aliphatic heterocycles. The van der Waals surface area contributed by atoms with Crippen LogP contribution in [0.4, 0.5) is 0 Å². The number of carbonyl (C=O) groups is 2. The van der Waals surface area contributed by atoms with Gasteiger partial charge in [0.25, 0.3) is 5.91 Å². The highest BCUT2D eigenvalue weighted by Crippen LogP contribution is 2.21. The third kappa shape index (κ3) is 5.29. The van der Waals surface area contributed by atoms with E-state index in [-0.39, 0.29) is 17.9 Å². The number of amides is 2. The molecular weight excluding hydrogens is 380 g/mol. The molecule has 2 amide bonds. The summed E-state index contributed by atoms with van der Waals surface area (Å²) in [4.78, 5) is 26.5. The van der Waals surface area contributed by atoms with Crippen molar-refractivity contribution in [3.63, 3.8) is 0 Å². The Bertz CT molecular complexity index is 963. The van der Waals surface area contributed by atoms with Gasteiger partial charge in [-0.05, 0) is 54.4 Å². The maximum Gasteiger partial charge on any atom is 0.254 e. The average molecular weight is 406 g/mol. The lowest BCUT2D eigenvalue weighted by Gasteiger charge is -2.23. The minimum Gasteiger partial charge on any atom is -0.497 e. The van der Waals surface area contributed by atoms with Gasteiger partial charge in [0, 0.05) is 19.2 Å². The maximum absolute atomic E-state index is 12.7. The third-order valence-electron chi connectivity index (χ3n) is 5.07. The highest BCUT2D eigenvalue weighted by molar-refractivity contribution is 5.94. The van der Waals surface area contributed by atoms with Gasteiger partial charge in [0.2, 0.25) is 5.91 Å². The Hall–Kier alpha value is -3.54. The van der Waals surface area contributed by atoms with E-state index in [9.17, 15) is 9.59 Å². The van der Waals surface area contributed by atoms with Crippen LogP contribution in [0.3, 0.4) is 0 Å². The van der Waals surface area contributed by atoms with Gasteiger partial charge >= 0.3 is 0 Å². The summed E-state index contributed by atoms with van der Waals surface area (Å²) in [6.45, 7) is 2.32. The largest absolute Gasteiger partial charge is 0.497 e. The summed E-state index contributed by atoms with van der Waals surface area (Å²) in [5.41, 5.74) is 2.43. The SMILES string of the molecule is COc1ccc(CC(=O)NCc2ccc(C(=O)N(C)C(C)c3ccco3)cc2)cc1. The van der Waals surface area contributed by atoms with Crippen LogP contribution in [0.25, 0.3) is 0 Å². The number of rotatable bonds is 8. The first-order valence-corrected chi connectivity index (χ1v) is 9.77. The summed E-state index contributed by atoms with van der Waals surface area (Å²) < 4.78 is 10.5. The highest BCUT2D eigenvalue weighted by atomic mass is 16.5. The number of benzene rings is 2. The number of furan rings is 1. The summed E-state index contributed by atoms with van der Waals surface area (Å²) in [5.74, 6) is 1.35. The van der Waals surface area contributed by atoms with Gasteiger partial charge in [0.15, 0.2) is 0 Å². The number of ether oxygens (including phenoxy) is 1. The van der Waals surface area contributed by atoms with E-state index in [1.807, 2.05) is 55.5 Å². The van der Waals surface area contributed by atoms with Gasteiger partial charge in [-0.25, -0.2) is 0 Å². The molecule has 1 heterocycles. The van der Waals surface area contributed by atoms with Gasteiger partial charge in [-0.2, -0.15) is 0 Å². The average Bonchev–Trinajstić information content (AvgIpc) is 3.32. The first-order valence-electron chi connectivity index (χ1n) is 9.77. The van der Waals surface area contributed by atoms with E-state index < -0.39 is 0 Å². The second kappa shape index (κ2) is 9.78. The lowest BCUT2D eigenvalue weighted by Crippen LogP contribution is -2.29. The normalized spacial score (nSPS) is 11.6. The number of nitrogens with zero attached hydrogens (tertiary/aromatic N) is 1. The van der Waals surface area contributed by atoms with Crippen molar-refractivity contribution >= 4 is 11.8 Å². The van der Waals surface area contributed by atoms with Gasteiger partial charge in [-0.1, -0.05) is 24.3 Å². The Labute approximate surface area is 176 Å². The Morgan fingerprint density at radius 3 is 2.30 bits per heavy atom. The first kappa shape index (κ1) is 21.2. The van der Waals surface area contributed by atoms with E-state index in [1.165, 1.54) is 0 Å². The number of nitrogens with one attached hydrogen (secondary N) is 1. The number of hydrogen-bond donors (Lipinski definition) is 1. The van der Waals surface area contributed by atoms with Gasteiger partial charge in [0.1, 0.15) is 11.5 Å². The molecule has 6 heteroatoms. The highest BCUT2D eigenvalue weighted by Gasteiger charge is 2.20. The zero-order valence-electron chi connectivity index (χ0n) is 17.4. The van der Waals surface area contributed by atoms with Crippen LogP contribution < -0.4 is 10.1 Å². The zero-order chi connectivity index (χ0) is 21.5. The molecule has 0 saturated carbocycles. The van der Waals surface area contributed by atoms with Gasteiger partial charge in [-0.3, -0.25) is 9.59 Å². The quantitative estimate of drug-likeness (QED) is 0.614. The molecule has 0 aliphatic rings. The van der Waals surface area contributed by atoms with Crippen molar-refractivity contribution in [2.75, 3.05) is 14.2 Å². The monoisotopic (exact) mass is 406 g/mol. The lowest BCUT2D eigenvalue weighted by atomic mass is 10.1. The van der Waals surface area contributed by atoms with Crippen LogP contribution in [0.5, 0.6) is 5.75 Å². The third-order valence-corrected chi connectivity index (χ3v) is 5.07. The molecule has 3 rings (SSSR count). The number of methoxy groups -OCH3 is 1. The zero-order valence-corrected chi connectivity index (χ0v) is 17.4. The Morgan fingerprint density at radius 2 is 1.70 bits per heavy atom. The molecule has 1 aromatic heterocycles. The second-order valence-corrected chi connectivity index (χ2v) is 7.11. The second-order valence-electron chi connectivity index (χ2n) is 7.11. The molecule has 1 unspecified atom stereocenters. The van der Waals surface area contributed by atoms with Crippen molar-refractivity contribution in [1.82, 2.24) is 10.2 Å². The summed E-state index contributed by atoms with van der Waals surface area (Å²) in [6, 6.07) is 18.2. The first-order chi connectivity index (χ1) is 14.5. The van der Waals surface area contributed by atoms with E-state index in [2.05, 4.69) is 5.32 Å². The van der Waals surface area contributed by atoms with Crippen LogP contribution in [0.2, 0.25) is 0 Å². The van der Waals surface area contributed by atoms with E-state index in [1.54, 1.807) is 37.5 Å². The number of hydrogen-bond acceptors (Lipinski definition) is 4. The van der Waals surface area contributed by atoms with Gasteiger partial charge in [0.05, 0.1) is 25.8 Å². The van der Waals surface area contributed by atoms with E-state index in [0.717, 1.165) is 22.6 Å². The van der Waals surface area contributed by atoms with E-state index in [0.29, 0.717) is 18.5 Å². The van der Waals surface area contributed by atoms with Crippen molar-refractivity contribution in [2.24, 2.45) is 0 Å². The van der Waals surface area contributed by atoms with Crippen LogP contribution >= 0.6 is 0 Å². The topological polar surface area (TPSA) is 71.8 Å². The molecule has 0 spiro atoms. The lowest BCUT2D eigenvalue weighted by molar-refractivity contribution is -0.120. The van der Waals surface area contributed by atoms with Crippen LogP contribution in [-0.4, -0.2) is 30.9 Å². The van der Waals surface area contributed by atoms with Crippen molar-refractivity contribution < 1.29 is 18.7 Å². The summed E-state index contributed by atoms with van der Waals surface area (Å²) in [7, 11) is 3.36. The van der Waals surface area contributed by atoms with Crippen molar-refractivity contribution in [3.05, 3.63) is 89.4 Å². The van der Waals surface area contributed by atoms with Crippen LogP contribution in [0.1, 0.15) is 40.2 Å². The molecule has 30 heavy (non-hydrogen) atoms. The molecule has 6 nitrogen and oxygen atoms in total. The predicted octanol–water partition coefficient (Wildman–Crippen LogP) is 3.98. The van der Waals surface area contributed by atoms with Crippen LogP contribution in [-0.2, 0) is 17.8 Å². The maximum atomic E-state index is 12.7. The van der Waals surface area contributed by atoms with E-state index in [4.69, 9.17) is 9.15 Å². The number of carbonyl (C=O) groups excluding carboxylic acids is 2. The molecule has 0 bridgehead atoms. The smallest absolute Gasteiger partial charge is 0.254 e. The molecule has 156 valence electrons. The van der Waals surface area contributed by atoms with Crippen molar-refractivity contribution in [3.8, 4) is 5.75 Å². The van der Waals surface area contributed by atoms with Crippen molar-refractivity contribution in [1.29, 1.82) is 0 Å². The Morgan fingerprint density at radius 1 is 1.03 bits per heavy atom. The fourth-order valence-electron chi connectivity index (χ4n) is 3.06. The minimum absolute atomic E-state index is 0.0627. The Kier molecular flexibility index (Phi) is 6.91. The molecule has 0 fully saturated rings. The van der Waals surface area contributed by atoms with Gasteiger partial charge in [-0.15, -0.1) is 0 Å². The summed E-state index contributed by atoms with van der Waals surface area (Å²) in [5, 5.41) is 2.91. The summed E-state index contributed by atoms with van der Waals surface area (Å²) in [6.07, 6.45) is 1.90. The van der Waals surface area contributed by atoms with Crippen LogP contribution in [0, 0.1) is 0 Å². The van der Waals surface area contributed by atoms with Crippen LogP contribution in [0.15, 0.2) is 71.3 Å². The molecule has 0 aliphatic carbocycles. The molecule has 2 aromatic carbocycles. The van der Waals surface area contributed by atoms with E-state index >= 15 is 0 Å². The fraction of sp³-hybridized carbons (Fsp3) is 0.250. The Balaban J connectivity index is 1.52. The molecule has 1 atom stereocenters. The fourth-order valence-corrected chi connectivity index (χ4v) is 3.06. The molecular formula is C24H26N2O4. The standard InChI is InChI=1S/C24H26N2O4/c1-17(22-5-4-14-30-22)26(2)24(28)20-10-6-19(7-11-20)16-25-23(27)15-18-8-12-21(29-3)13-9-18/h4-14,17H,15-16H2,1-3H3,(H,25,27). The minimum atomic E-state index is -0.163.